The van der Waals surface area contributed by atoms with Crippen LogP contribution in [0.2, 0.25) is 0 Å². The second-order valence-corrected chi connectivity index (χ2v) is 6.51. The van der Waals surface area contributed by atoms with E-state index in [1.54, 1.807) is 0 Å². The average Bonchev–Trinajstić information content (AvgIpc) is 3.13. The molecular formula is C17H23N3O. The van der Waals surface area contributed by atoms with E-state index in [4.69, 9.17) is 0 Å². The Morgan fingerprint density at radius 1 is 1.05 bits per heavy atom. The molecule has 3 unspecified atom stereocenters. The van der Waals surface area contributed by atoms with Gasteiger partial charge in [-0.15, -0.1) is 0 Å². The van der Waals surface area contributed by atoms with Crippen molar-refractivity contribution in [2.75, 3.05) is 19.6 Å². The van der Waals surface area contributed by atoms with Gasteiger partial charge in [-0.25, -0.2) is 0 Å². The Bertz CT molecular complexity index is 518. The Kier molecular flexibility index (Phi) is 3.43. The molecule has 4 heteroatoms. The third-order valence-corrected chi connectivity index (χ3v) is 5.31. The van der Waals surface area contributed by atoms with Crippen molar-refractivity contribution in [2.45, 2.75) is 43.9 Å². The molecule has 3 aliphatic rings. The zero-order valence-corrected chi connectivity index (χ0v) is 12.4. The van der Waals surface area contributed by atoms with E-state index in [0.717, 1.165) is 19.4 Å². The van der Waals surface area contributed by atoms with Gasteiger partial charge in [-0.05, 0) is 37.8 Å². The zero-order valence-electron chi connectivity index (χ0n) is 12.4. The van der Waals surface area contributed by atoms with Crippen LogP contribution in [0, 0.1) is 0 Å². The van der Waals surface area contributed by atoms with Gasteiger partial charge in [0.25, 0.3) is 0 Å². The third kappa shape index (κ3) is 2.36. The molecule has 0 aliphatic carbocycles. The first kappa shape index (κ1) is 13.3. The number of nitrogens with one attached hydrogen (secondary N) is 1. The summed E-state index contributed by atoms with van der Waals surface area (Å²) in [6, 6.07) is 11.5. The summed E-state index contributed by atoms with van der Waals surface area (Å²) in [5.41, 5.74) is 1.21. The lowest BCUT2D eigenvalue weighted by Crippen LogP contribution is -2.49. The molecule has 0 aromatic heterocycles. The summed E-state index contributed by atoms with van der Waals surface area (Å²) in [4.78, 5) is 17.1. The number of carbonyl (C=O) groups excluding carboxylic acids is 1. The van der Waals surface area contributed by atoms with E-state index in [2.05, 4.69) is 39.4 Å². The number of hydrogen-bond acceptors (Lipinski definition) is 3. The van der Waals surface area contributed by atoms with E-state index in [0.29, 0.717) is 18.6 Å². The first-order chi connectivity index (χ1) is 10.3. The lowest BCUT2D eigenvalue weighted by atomic mass is 9.95. The van der Waals surface area contributed by atoms with Crippen molar-refractivity contribution in [3.05, 3.63) is 35.9 Å². The van der Waals surface area contributed by atoms with Crippen LogP contribution in [0.25, 0.3) is 0 Å². The maximum atomic E-state index is 12.4. The van der Waals surface area contributed by atoms with Gasteiger partial charge < -0.3 is 9.80 Å². The third-order valence-electron chi connectivity index (χ3n) is 5.31. The molecule has 1 N–H and O–H groups in total. The van der Waals surface area contributed by atoms with Crippen molar-refractivity contribution in [3.8, 4) is 0 Å². The van der Waals surface area contributed by atoms with Gasteiger partial charge in [0.05, 0.1) is 6.54 Å². The van der Waals surface area contributed by atoms with Crippen molar-refractivity contribution in [3.63, 3.8) is 0 Å². The van der Waals surface area contributed by atoms with Crippen LogP contribution in [0.15, 0.2) is 30.3 Å². The van der Waals surface area contributed by atoms with Crippen LogP contribution < -0.4 is 5.32 Å². The minimum Gasteiger partial charge on any atom is -0.319 e. The average molecular weight is 285 g/mol. The van der Waals surface area contributed by atoms with E-state index in [9.17, 15) is 4.79 Å². The van der Waals surface area contributed by atoms with Crippen LogP contribution in [0.3, 0.4) is 0 Å². The number of piperidine rings is 1. The highest BCUT2D eigenvalue weighted by atomic mass is 16.2. The van der Waals surface area contributed by atoms with Gasteiger partial charge in [0.15, 0.2) is 0 Å². The van der Waals surface area contributed by atoms with Gasteiger partial charge in [0.1, 0.15) is 6.17 Å². The summed E-state index contributed by atoms with van der Waals surface area (Å²) < 4.78 is 0. The smallest absolute Gasteiger partial charge is 0.238 e. The second-order valence-electron chi connectivity index (χ2n) is 6.51. The number of fused-ring (bicyclic) bond motifs is 1. The number of rotatable bonds is 2. The summed E-state index contributed by atoms with van der Waals surface area (Å²) in [7, 11) is 0. The SMILES string of the molecule is O=C1CNC(c2ccccc2)N1C1CCN2CCCC2C1. The van der Waals surface area contributed by atoms with Gasteiger partial charge >= 0.3 is 0 Å². The molecule has 0 bridgehead atoms. The van der Waals surface area contributed by atoms with Crippen molar-refractivity contribution in [2.24, 2.45) is 0 Å². The van der Waals surface area contributed by atoms with Crippen LogP contribution in [0.4, 0.5) is 0 Å². The quantitative estimate of drug-likeness (QED) is 0.899. The molecule has 0 spiro atoms. The van der Waals surface area contributed by atoms with Gasteiger partial charge in [0, 0.05) is 18.6 Å². The standard InChI is InChI=1S/C17H23N3O/c21-16-12-18-17(13-5-2-1-3-6-13)20(16)15-8-10-19-9-4-7-14(19)11-15/h1-3,5-6,14-15,17-18H,4,7-12H2. The normalized spacial score (nSPS) is 33.4. The molecular weight excluding hydrogens is 262 g/mol. The Hall–Kier alpha value is -1.39. The largest absolute Gasteiger partial charge is 0.319 e. The Morgan fingerprint density at radius 3 is 2.76 bits per heavy atom. The van der Waals surface area contributed by atoms with Gasteiger partial charge in [-0.2, -0.15) is 0 Å². The fourth-order valence-electron chi connectivity index (χ4n) is 4.30. The minimum atomic E-state index is 0.0663. The molecule has 4 rings (SSSR count). The lowest BCUT2D eigenvalue weighted by molar-refractivity contribution is -0.131. The molecule has 0 saturated carbocycles. The number of nitrogens with zero attached hydrogens (tertiary/aromatic N) is 2. The summed E-state index contributed by atoms with van der Waals surface area (Å²) in [5.74, 6) is 0.264. The lowest BCUT2D eigenvalue weighted by Gasteiger charge is -2.41. The van der Waals surface area contributed by atoms with Crippen molar-refractivity contribution in [1.82, 2.24) is 15.1 Å². The van der Waals surface area contributed by atoms with E-state index in [1.807, 2.05) is 6.07 Å². The maximum Gasteiger partial charge on any atom is 0.238 e. The highest BCUT2D eigenvalue weighted by Gasteiger charge is 2.41. The molecule has 1 amide bonds. The van der Waals surface area contributed by atoms with Crippen LogP contribution in [-0.4, -0.2) is 47.4 Å². The summed E-state index contributed by atoms with van der Waals surface area (Å²) in [6.45, 7) is 2.89. The van der Waals surface area contributed by atoms with Gasteiger partial charge in [0.2, 0.25) is 5.91 Å². The number of hydrogen-bond donors (Lipinski definition) is 1. The molecule has 112 valence electrons. The Balaban J connectivity index is 1.55. The highest BCUT2D eigenvalue weighted by Crippen LogP contribution is 2.34. The van der Waals surface area contributed by atoms with E-state index in [-0.39, 0.29) is 12.1 Å². The molecule has 3 atom stereocenters. The Morgan fingerprint density at radius 2 is 1.90 bits per heavy atom. The minimum absolute atomic E-state index is 0.0663. The summed E-state index contributed by atoms with van der Waals surface area (Å²) >= 11 is 0. The van der Waals surface area contributed by atoms with E-state index in [1.165, 1.54) is 24.9 Å². The molecule has 1 aromatic rings. The van der Waals surface area contributed by atoms with Gasteiger partial charge in [-0.1, -0.05) is 30.3 Å². The highest BCUT2D eigenvalue weighted by molar-refractivity contribution is 5.81. The van der Waals surface area contributed by atoms with Gasteiger partial charge in [-0.3, -0.25) is 10.1 Å². The maximum absolute atomic E-state index is 12.4. The van der Waals surface area contributed by atoms with Crippen molar-refractivity contribution < 1.29 is 4.79 Å². The van der Waals surface area contributed by atoms with Crippen molar-refractivity contribution in [1.29, 1.82) is 0 Å². The second kappa shape index (κ2) is 5.43. The number of carbonyl (C=O) groups is 1. The fraction of sp³-hybridized carbons (Fsp3) is 0.588. The molecule has 3 heterocycles. The predicted octanol–water partition coefficient (Wildman–Crippen LogP) is 1.74. The molecule has 4 nitrogen and oxygen atoms in total. The zero-order chi connectivity index (χ0) is 14.2. The number of benzene rings is 1. The molecule has 0 radical (unpaired) electrons. The number of amides is 1. The summed E-state index contributed by atoms with van der Waals surface area (Å²) in [6.07, 6.45) is 4.97. The van der Waals surface area contributed by atoms with E-state index >= 15 is 0 Å². The summed E-state index contributed by atoms with van der Waals surface area (Å²) in [5, 5.41) is 3.39. The molecule has 1 aromatic carbocycles. The van der Waals surface area contributed by atoms with Crippen LogP contribution >= 0.6 is 0 Å². The molecule has 3 saturated heterocycles. The van der Waals surface area contributed by atoms with Crippen LogP contribution in [0.5, 0.6) is 0 Å². The van der Waals surface area contributed by atoms with Crippen LogP contribution in [-0.2, 0) is 4.79 Å². The van der Waals surface area contributed by atoms with Crippen molar-refractivity contribution >= 4 is 5.91 Å². The fourth-order valence-corrected chi connectivity index (χ4v) is 4.30. The Labute approximate surface area is 126 Å². The van der Waals surface area contributed by atoms with Crippen LogP contribution in [0.1, 0.15) is 37.4 Å². The molecule has 3 fully saturated rings. The first-order valence-electron chi connectivity index (χ1n) is 8.16. The predicted molar refractivity (Wildman–Crippen MR) is 81.6 cm³/mol. The molecule has 3 aliphatic heterocycles. The molecule has 21 heavy (non-hydrogen) atoms. The van der Waals surface area contributed by atoms with E-state index < -0.39 is 0 Å². The first-order valence-corrected chi connectivity index (χ1v) is 8.16. The topological polar surface area (TPSA) is 35.6 Å². The monoisotopic (exact) mass is 285 g/mol.